The third kappa shape index (κ3) is 6.66. The number of carbonyl (C=O) groups is 3. The number of aromatic carboxylic acids is 1. The summed E-state index contributed by atoms with van der Waals surface area (Å²) < 4.78 is 0.534. The van der Waals surface area contributed by atoms with Crippen molar-refractivity contribution in [2.75, 3.05) is 11.9 Å². The number of hydrogen-bond donors (Lipinski definition) is 2. The number of nitrogens with zero attached hydrogens (tertiary/aromatic N) is 1. The summed E-state index contributed by atoms with van der Waals surface area (Å²) >= 11 is 12.5. The van der Waals surface area contributed by atoms with E-state index in [4.69, 9.17) is 28.9 Å². The fourth-order valence-electron chi connectivity index (χ4n) is 3.09. The van der Waals surface area contributed by atoms with Crippen molar-refractivity contribution in [2.24, 2.45) is 0 Å². The molecular formula is C23H21ClN2O4S2. The Balaban J connectivity index is 1.41. The molecule has 1 saturated heterocycles. The normalized spacial score (nSPS) is 14.8. The summed E-state index contributed by atoms with van der Waals surface area (Å²) in [5, 5.41) is 12.4. The van der Waals surface area contributed by atoms with Gasteiger partial charge in [-0.2, -0.15) is 0 Å². The van der Waals surface area contributed by atoms with Crippen molar-refractivity contribution >= 4 is 69.4 Å². The first-order valence-corrected chi connectivity index (χ1v) is 11.6. The number of halogens is 1. The lowest BCUT2D eigenvalue weighted by Crippen LogP contribution is -2.29. The fraction of sp³-hybridized carbons (Fsp3) is 0.217. The highest BCUT2D eigenvalue weighted by Gasteiger charge is 2.31. The number of carboxylic acids is 1. The standard InChI is InChI=1S/C23H21ClN2O4S2/c24-17-10-8-15(9-11-17)13-19-21(28)26(23(31)32-19)12-3-1-2-7-20(27)25-18-6-4-5-16(14-18)22(29)30/h4-6,8-11,13-14H,1-3,7,12H2,(H,25,27)(H,29,30)/b19-13-. The number of anilines is 1. The molecule has 166 valence electrons. The van der Waals surface area contributed by atoms with Gasteiger partial charge in [0.2, 0.25) is 5.91 Å². The molecular weight excluding hydrogens is 468 g/mol. The third-order valence-corrected chi connectivity index (χ3v) is 6.35. The predicted molar refractivity (Wildman–Crippen MR) is 132 cm³/mol. The Labute approximate surface area is 200 Å². The molecule has 0 saturated carbocycles. The van der Waals surface area contributed by atoms with Crippen LogP contribution in [0.15, 0.2) is 53.4 Å². The van der Waals surface area contributed by atoms with Gasteiger partial charge in [0.05, 0.1) is 10.5 Å². The predicted octanol–water partition coefficient (Wildman–Crippen LogP) is 5.44. The van der Waals surface area contributed by atoms with Crippen molar-refractivity contribution in [1.82, 2.24) is 4.90 Å². The van der Waals surface area contributed by atoms with Crippen LogP contribution in [0.1, 0.15) is 41.6 Å². The van der Waals surface area contributed by atoms with E-state index < -0.39 is 5.97 Å². The first-order valence-electron chi connectivity index (χ1n) is 9.97. The van der Waals surface area contributed by atoms with Gasteiger partial charge in [0.25, 0.3) is 5.91 Å². The summed E-state index contributed by atoms with van der Waals surface area (Å²) in [6.45, 7) is 0.505. The molecule has 6 nitrogen and oxygen atoms in total. The molecule has 1 aliphatic rings. The summed E-state index contributed by atoms with van der Waals surface area (Å²) in [5.74, 6) is -1.32. The molecule has 1 fully saturated rings. The van der Waals surface area contributed by atoms with Gasteiger partial charge < -0.3 is 10.4 Å². The summed E-state index contributed by atoms with van der Waals surface area (Å²) in [7, 11) is 0. The number of rotatable bonds is 9. The molecule has 32 heavy (non-hydrogen) atoms. The number of benzene rings is 2. The van der Waals surface area contributed by atoms with Gasteiger partial charge in [-0.25, -0.2) is 4.79 Å². The van der Waals surface area contributed by atoms with Crippen LogP contribution >= 0.6 is 35.6 Å². The first kappa shape index (κ1) is 24.0. The van der Waals surface area contributed by atoms with Gasteiger partial charge in [0.1, 0.15) is 4.32 Å². The quantitative estimate of drug-likeness (QED) is 0.278. The van der Waals surface area contributed by atoms with Crippen molar-refractivity contribution in [2.45, 2.75) is 25.7 Å². The minimum atomic E-state index is -1.04. The maximum absolute atomic E-state index is 12.7. The molecule has 0 atom stereocenters. The number of hydrogen-bond acceptors (Lipinski definition) is 5. The smallest absolute Gasteiger partial charge is 0.335 e. The first-order chi connectivity index (χ1) is 15.3. The Bertz CT molecular complexity index is 1070. The lowest BCUT2D eigenvalue weighted by atomic mass is 10.1. The molecule has 2 aromatic rings. The summed E-state index contributed by atoms with van der Waals surface area (Å²) in [4.78, 5) is 37.9. The molecule has 0 radical (unpaired) electrons. The van der Waals surface area contributed by atoms with Crippen LogP contribution in [0.5, 0.6) is 0 Å². The van der Waals surface area contributed by atoms with Crippen molar-refractivity contribution in [3.05, 3.63) is 69.6 Å². The van der Waals surface area contributed by atoms with Gasteiger partial charge in [-0.05, 0) is 54.8 Å². The minimum Gasteiger partial charge on any atom is -0.478 e. The SMILES string of the molecule is O=C(CCCCCN1C(=O)/C(=C/c2ccc(Cl)cc2)SC1=S)Nc1cccc(C(=O)O)c1. The summed E-state index contributed by atoms with van der Waals surface area (Å²) in [6.07, 6.45) is 4.25. The van der Waals surface area contributed by atoms with E-state index in [1.807, 2.05) is 12.1 Å². The average Bonchev–Trinajstić information content (AvgIpc) is 3.02. The van der Waals surface area contributed by atoms with Crippen LogP contribution in [0.3, 0.4) is 0 Å². The van der Waals surface area contributed by atoms with Crippen LogP contribution in [0, 0.1) is 0 Å². The zero-order valence-corrected chi connectivity index (χ0v) is 19.4. The van der Waals surface area contributed by atoms with Crippen LogP contribution in [0.4, 0.5) is 5.69 Å². The molecule has 9 heteroatoms. The van der Waals surface area contributed by atoms with Crippen LogP contribution < -0.4 is 5.32 Å². The molecule has 0 aromatic heterocycles. The van der Waals surface area contributed by atoms with Gasteiger partial charge in [0.15, 0.2) is 0 Å². The second-order valence-corrected chi connectivity index (χ2v) is 9.24. The van der Waals surface area contributed by atoms with Gasteiger partial charge in [-0.15, -0.1) is 0 Å². The zero-order valence-electron chi connectivity index (χ0n) is 17.0. The Morgan fingerprint density at radius 1 is 1.12 bits per heavy atom. The van der Waals surface area contributed by atoms with E-state index in [-0.39, 0.29) is 17.4 Å². The second kappa shape index (κ2) is 11.3. The summed E-state index contributed by atoms with van der Waals surface area (Å²) in [6, 6.07) is 13.4. The molecule has 0 spiro atoms. The van der Waals surface area contributed by atoms with Crippen molar-refractivity contribution in [3.63, 3.8) is 0 Å². The number of carbonyl (C=O) groups excluding carboxylic acids is 2. The average molecular weight is 489 g/mol. The molecule has 3 rings (SSSR count). The number of amides is 2. The molecule has 0 aliphatic carbocycles. The van der Waals surface area contributed by atoms with E-state index in [9.17, 15) is 14.4 Å². The number of carboxylic acid groups (broad SMARTS) is 1. The van der Waals surface area contributed by atoms with Gasteiger partial charge in [0, 0.05) is 23.7 Å². The van der Waals surface area contributed by atoms with Crippen LogP contribution in [0.2, 0.25) is 5.02 Å². The number of nitrogens with one attached hydrogen (secondary N) is 1. The third-order valence-electron chi connectivity index (χ3n) is 4.72. The highest BCUT2D eigenvalue weighted by Crippen LogP contribution is 2.33. The Kier molecular flexibility index (Phi) is 8.44. The van der Waals surface area contributed by atoms with E-state index in [0.29, 0.717) is 39.3 Å². The molecule has 0 bridgehead atoms. The second-order valence-electron chi connectivity index (χ2n) is 7.13. The zero-order chi connectivity index (χ0) is 23.1. The maximum atomic E-state index is 12.7. The monoisotopic (exact) mass is 488 g/mol. The molecule has 2 aromatic carbocycles. The number of thioether (sulfide) groups is 1. The Morgan fingerprint density at radius 3 is 2.59 bits per heavy atom. The van der Waals surface area contributed by atoms with Crippen molar-refractivity contribution < 1.29 is 19.5 Å². The lowest BCUT2D eigenvalue weighted by Gasteiger charge is -2.14. The van der Waals surface area contributed by atoms with Crippen LogP contribution in [-0.2, 0) is 9.59 Å². The highest BCUT2D eigenvalue weighted by molar-refractivity contribution is 8.26. The van der Waals surface area contributed by atoms with Crippen molar-refractivity contribution in [3.8, 4) is 0 Å². The lowest BCUT2D eigenvalue weighted by molar-refractivity contribution is -0.122. The topological polar surface area (TPSA) is 86.7 Å². The van der Waals surface area contributed by atoms with Crippen LogP contribution in [-0.4, -0.2) is 38.7 Å². The van der Waals surface area contributed by atoms with E-state index in [1.54, 1.807) is 35.2 Å². The molecule has 2 N–H and O–H groups in total. The Morgan fingerprint density at radius 2 is 1.88 bits per heavy atom. The van der Waals surface area contributed by atoms with Crippen molar-refractivity contribution in [1.29, 1.82) is 0 Å². The largest absolute Gasteiger partial charge is 0.478 e. The van der Waals surface area contributed by atoms with E-state index in [1.165, 1.54) is 23.9 Å². The highest BCUT2D eigenvalue weighted by atomic mass is 35.5. The fourth-order valence-corrected chi connectivity index (χ4v) is 4.52. The van der Waals surface area contributed by atoms with E-state index in [0.717, 1.165) is 18.4 Å². The minimum absolute atomic E-state index is 0.106. The van der Waals surface area contributed by atoms with Gasteiger partial charge in [-0.1, -0.05) is 60.2 Å². The molecule has 1 heterocycles. The number of thiocarbonyl (C=S) groups is 1. The molecule has 2 amide bonds. The molecule has 1 aliphatic heterocycles. The number of unbranched alkanes of at least 4 members (excludes halogenated alkanes) is 2. The van der Waals surface area contributed by atoms with Gasteiger partial charge in [-0.3, -0.25) is 14.5 Å². The summed E-state index contributed by atoms with van der Waals surface area (Å²) in [5.41, 5.74) is 1.46. The Hall–Kier alpha value is -2.68. The van der Waals surface area contributed by atoms with E-state index in [2.05, 4.69) is 5.32 Å². The molecule has 0 unspecified atom stereocenters. The maximum Gasteiger partial charge on any atom is 0.335 e. The van der Waals surface area contributed by atoms with Crippen LogP contribution in [0.25, 0.3) is 6.08 Å². The van der Waals surface area contributed by atoms with Gasteiger partial charge >= 0.3 is 5.97 Å². The van der Waals surface area contributed by atoms with E-state index >= 15 is 0 Å².